The highest BCUT2D eigenvalue weighted by molar-refractivity contribution is 5.80. The number of amides is 2. The minimum Gasteiger partial charge on any atom is -0.465 e. The molecule has 0 heterocycles. The quantitative estimate of drug-likeness (QED) is 0.645. The normalized spacial score (nSPS) is 10.8. The van der Waals surface area contributed by atoms with Crippen molar-refractivity contribution in [3.05, 3.63) is 0 Å². The van der Waals surface area contributed by atoms with Gasteiger partial charge in [0, 0.05) is 13.7 Å². The van der Waals surface area contributed by atoms with E-state index in [0.717, 1.165) is 0 Å². The Balaban J connectivity index is 3.71. The summed E-state index contributed by atoms with van der Waals surface area (Å²) in [6.45, 7) is 5.93. The predicted octanol–water partition coefficient (Wildman–Crippen LogP) is 0.274. The van der Waals surface area contributed by atoms with Crippen LogP contribution in [0.5, 0.6) is 0 Å². The Morgan fingerprint density at radius 3 is 2.38 bits per heavy atom. The van der Waals surface area contributed by atoms with E-state index < -0.39 is 17.6 Å². The number of methoxy groups -OCH3 is 1. The van der Waals surface area contributed by atoms with Gasteiger partial charge in [-0.25, -0.2) is 4.79 Å². The van der Waals surface area contributed by atoms with Gasteiger partial charge in [-0.05, 0) is 20.8 Å². The number of hydrogen-bond donors (Lipinski definition) is 2. The number of carbonyl (C=O) groups is 2. The van der Waals surface area contributed by atoms with Crippen molar-refractivity contribution in [2.75, 3.05) is 26.8 Å². The smallest absolute Gasteiger partial charge is 0.325 e. The zero-order chi connectivity index (χ0) is 12.6. The fourth-order valence-electron chi connectivity index (χ4n) is 0.792. The average Bonchev–Trinajstić information content (AvgIpc) is 2.24. The van der Waals surface area contributed by atoms with Gasteiger partial charge < -0.3 is 20.1 Å². The minimum atomic E-state index is -0.455. The van der Waals surface area contributed by atoms with Crippen molar-refractivity contribution in [3.63, 3.8) is 0 Å². The van der Waals surface area contributed by atoms with Gasteiger partial charge in [-0.1, -0.05) is 0 Å². The lowest BCUT2D eigenvalue weighted by Crippen LogP contribution is -2.45. The molecule has 0 radical (unpaired) electrons. The standard InChI is InChI=1S/C10H20N2O4/c1-5-16-8(13)6-11-9(14)12-7-10(2,3)15-4/h5-7H2,1-4H3,(H2,11,12,14). The largest absolute Gasteiger partial charge is 0.465 e. The Morgan fingerprint density at radius 1 is 1.25 bits per heavy atom. The lowest BCUT2D eigenvalue weighted by atomic mass is 10.1. The second-order valence-corrected chi connectivity index (χ2v) is 3.81. The summed E-state index contributed by atoms with van der Waals surface area (Å²) in [5.41, 5.74) is -0.429. The molecule has 0 aliphatic rings. The SMILES string of the molecule is CCOC(=O)CNC(=O)NCC(C)(C)OC. The van der Waals surface area contributed by atoms with Crippen LogP contribution in [0.4, 0.5) is 4.79 Å². The van der Waals surface area contributed by atoms with Crippen molar-refractivity contribution >= 4 is 12.0 Å². The maximum absolute atomic E-state index is 11.2. The van der Waals surface area contributed by atoms with E-state index in [9.17, 15) is 9.59 Å². The molecule has 16 heavy (non-hydrogen) atoms. The molecule has 0 fully saturated rings. The highest BCUT2D eigenvalue weighted by atomic mass is 16.5. The summed E-state index contributed by atoms with van der Waals surface area (Å²) in [6.07, 6.45) is 0. The van der Waals surface area contributed by atoms with Crippen LogP contribution in [0, 0.1) is 0 Å². The molecule has 0 aliphatic heterocycles. The molecule has 0 saturated carbocycles. The molecule has 2 amide bonds. The van der Waals surface area contributed by atoms with Crippen molar-refractivity contribution in [1.82, 2.24) is 10.6 Å². The van der Waals surface area contributed by atoms with E-state index in [4.69, 9.17) is 4.74 Å². The summed E-state index contributed by atoms with van der Waals surface area (Å²) < 4.78 is 9.77. The maximum Gasteiger partial charge on any atom is 0.325 e. The third-order valence-corrected chi connectivity index (χ3v) is 1.93. The molecular formula is C10H20N2O4. The molecule has 6 nitrogen and oxygen atoms in total. The van der Waals surface area contributed by atoms with Crippen LogP contribution in [0.25, 0.3) is 0 Å². The van der Waals surface area contributed by atoms with E-state index in [-0.39, 0.29) is 6.54 Å². The summed E-state index contributed by atoms with van der Waals surface area (Å²) in [7, 11) is 1.57. The molecule has 6 heteroatoms. The number of nitrogens with one attached hydrogen (secondary N) is 2. The molecule has 0 aliphatic carbocycles. The Morgan fingerprint density at radius 2 is 1.88 bits per heavy atom. The topological polar surface area (TPSA) is 76.7 Å². The van der Waals surface area contributed by atoms with E-state index in [1.807, 2.05) is 13.8 Å². The first-order valence-electron chi connectivity index (χ1n) is 5.13. The molecule has 0 aromatic rings. The zero-order valence-electron chi connectivity index (χ0n) is 10.3. The molecule has 0 bridgehead atoms. The van der Waals surface area contributed by atoms with Gasteiger partial charge in [-0.2, -0.15) is 0 Å². The fourth-order valence-corrected chi connectivity index (χ4v) is 0.792. The van der Waals surface area contributed by atoms with Gasteiger partial charge in [-0.3, -0.25) is 4.79 Å². The fraction of sp³-hybridized carbons (Fsp3) is 0.800. The summed E-state index contributed by atoms with van der Waals surface area (Å²) >= 11 is 0. The van der Waals surface area contributed by atoms with Crippen molar-refractivity contribution in [1.29, 1.82) is 0 Å². The second kappa shape index (κ2) is 7.05. The van der Waals surface area contributed by atoms with Crippen LogP contribution in [0.15, 0.2) is 0 Å². The number of hydrogen-bond acceptors (Lipinski definition) is 4. The average molecular weight is 232 g/mol. The van der Waals surface area contributed by atoms with Crippen LogP contribution >= 0.6 is 0 Å². The summed E-state index contributed by atoms with van der Waals surface area (Å²) in [6, 6.07) is -0.418. The zero-order valence-corrected chi connectivity index (χ0v) is 10.3. The highest BCUT2D eigenvalue weighted by Crippen LogP contribution is 2.04. The molecule has 0 aromatic heterocycles. The van der Waals surface area contributed by atoms with E-state index in [1.165, 1.54) is 0 Å². The van der Waals surface area contributed by atoms with Crippen LogP contribution < -0.4 is 10.6 Å². The van der Waals surface area contributed by atoms with Crippen molar-refractivity contribution in [2.24, 2.45) is 0 Å². The summed E-state index contributed by atoms with van der Waals surface area (Å²) in [5, 5.41) is 4.97. The molecule has 0 saturated heterocycles. The molecule has 2 N–H and O–H groups in total. The number of urea groups is 1. The first kappa shape index (κ1) is 14.7. The van der Waals surface area contributed by atoms with Gasteiger partial charge in [0.2, 0.25) is 0 Å². The van der Waals surface area contributed by atoms with Crippen LogP contribution in [0.3, 0.4) is 0 Å². The molecule has 0 rings (SSSR count). The first-order chi connectivity index (χ1) is 7.41. The summed E-state index contributed by atoms with van der Waals surface area (Å²) in [4.78, 5) is 22.1. The number of esters is 1. The third kappa shape index (κ3) is 7.05. The molecular weight excluding hydrogens is 212 g/mol. The van der Waals surface area contributed by atoms with Gasteiger partial charge in [0.05, 0.1) is 12.2 Å². The van der Waals surface area contributed by atoms with Gasteiger partial charge in [0.1, 0.15) is 6.54 Å². The number of rotatable bonds is 6. The van der Waals surface area contributed by atoms with Crippen molar-refractivity contribution < 1.29 is 19.1 Å². The van der Waals surface area contributed by atoms with Crippen LogP contribution in [0.1, 0.15) is 20.8 Å². The van der Waals surface area contributed by atoms with Crippen LogP contribution in [-0.4, -0.2) is 44.4 Å². The Hall–Kier alpha value is -1.30. The maximum atomic E-state index is 11.2. The molecule has 0 unspecified atom stereocenters. The van der Waals surface area contributed by atoms with E-state index in [1.54, 1.807) is 14.0 Å². The predicted molar refractivity (Wildman–Crippen MR) is 59.1 cm³/mol. The minimum absolute atomic E-state index is 0.132. The lowest BCUT2D eigenvalue weighted by molar-refractivity contribution is -0.141. The van der Waals surface area contributed by atoms with Crippen molar-refractivity contribution in [2.45, 2.75) is 26.4 Å². The van der Waals surface area contributed by atoms with E-state index >= 15 is 0 Å². The Labute approximate surface area is 95.7 Å². The Bertz CT molecular complexity index is 241. The van der Waals surface area contributed by atoms with Crippen molar-refractivity contribution in [3.8, 4) is 0 Å². The number of carbonyl (C=O) groups excluding carboxylic acids is 2. The number of ether oxygens (including phenoxy) is 2. The van der Waals surface area contributed by atoms with Gasteiger partial charge in [-0.15, -0.1) is 0 Å². The second-order valence-electron chi connectivity index (χ2n) is 3.81. The molecule has 0 atom stereocenters. The van der Waals surface area contributed by atoms with E-state index in [2.05, 4.69) is 15.4 Å². The van der Waals surface area contributed by atoms with Gasteiger partial charge in [0.25, 0.3) is 0 Å². The van der Waals surface area contributed by atoms with Gasteiger partial charge in [0.15, 0.2) is 0 Å². The molecule has 0 spiro atoms. The Kier molecular flexibility index (Phi) is 6.48. The highest BCUT2D eigenvalue weighted by Gasteiger charge is 2.17. The third-order valence-electron chi connectivity index (χ3n) is 1.93. The van der Waals surface area contributed by atoms with Crippen LogP contribution in [-0.2, 0) is 14.3 Å². The lowest BCUT2D eigenvalue weighted by Gasteiger charge is -2.23. The van der Waals surface area contributed by atoms with E-state index in [0.29, 0.717) is 13.2 Å². The monoisotopic (exact) mass is 232 g/mol. The summed E-state index contributed by atoms with van der Waals surface area (Å²) in [5.74, 6) is -0.455. The van der Waals surface area contributed by atoms with Gasteiger partial charge >= 0.3 is 12.0 Å². The molecule has 0 aromatic carbocycles. The van der Waals surface area contributed by atoms with Crippen LogP contribution in [0.2, 0.25) is 0 Å². The molecule has 94 valence electrons. The first-order valence-corrected chi connectivity index (χ1v) is 5.13.